The molecule has 5 heteroatoms. The smallest absolute Gasteiger partial charge is 0.160 e. The molecular weight excluding hydrogens is 309 g/mol. The van der Waals surface area contributed by atoms with Gasteiger partial charge in [0.15, 0.2) is 11.5 Å². The molecule has 0 heterocycles. The Morgan fingerprint density at radius 2 is 1.79 bits per heavy atom. The van der Waals surface area contributed by atoms with Crippen molar-refractivity contribution in [2.24, 2.45) is 5.73 Å². The molecule has 0 bridgehead atoms. The van der Waals surface area contributed by atoms with E-state index in [1.165, 1.54) is 6.07 Å². The lowest BCUT2D eigenvalue weighted by Gasteiger charge is -2.32. The fourth-order valence-electron chi connectivity index (χ4n) is 3.13. The molecule has 0 fully saturated rings. The second kappa shape index (κ2) is 7.64. The molecule has 0 saturated carbocycles. The van der Waals surface area contributed by atoms with Gasteiger partial charge in [-0.15, -0.1) is 0 Å². The molecule has 2 atom stereocenters. The number of aliphatic hydroxyl groups excluding tert-OH is 1. The largest absolute Gasteiger partial charge is 0.493 e. The predicted octanol–water partition coefficient (Wildman–Crippen LogP) is 3.01. The van der Waals surface area contributed by atoms with E-state index in [4.69, 9.17) is 15.2 Å². The molecule has 0 aromatic heterocycles. The van der Waals surface area contributed by atoms with Crippen molar-refractivity contribution >= 4 is 0 Å². The van der Waals surface area contributed by atoms with Gasteiger partial charge in [0.1, 0.15) is 12.0 Å². The van der Waals surface area contributed by atoms with Crippen LogP contribution in [0.1, 0.15) is 24.5 Å². The first-order chi connectivity index (χ1) is 11.4. The van der Waals surface area contributed by atoms with E-state index in [2.05, 4.69) is 0 Å². The van der Waals surface area contributed by atoms with Crippen molar-refractivity contribution < 1.29 is 19.0 Å². The van der Waals surface area contributed by atoms with Crippen LogP contribution in [0.4, 0.5) is 4.39 Å². The summed E-state index contributed by atoms with van der Waals surface area (Å²) in [6, 6.07) is 12.2. The highest BCUT2D eigenvalue weighted by molar-refractivity contribution is 5.44. The molecule has 0 spiro atoms. The zero-order valence-corrected chi connectivity index (χ0v) is 14.3. The molecule has 0 amide bonds. The minimum Gasteiger partial charge on any atom is -0.493 e. The van der Waals surface area contributed by atoms with Crippen LogP contribution in [-0.2, 0) is 11.8 Å². The highest BCUT2D eigenvalue weighted by Crippen LogP contribution is 2.36. The third-order valence-corrected chi connectivity index (χ3v) is 4.23. The third kappa shape index (κ3) is 4.04. The molecule has 24 heavy (non-hydrogen) atoms. The molecule has 4 nitrogen and oxygen atoms in total. The Labute approximate surface area is 142 Å². The maximum Gasteiger partial charge on any atom is 0.160 e. The summed E-state index contributed by atoms with van der Waals surface area (Å²) >= 11 is 0. The van der Waals surface area contributed by atoms with Gasteiger partial charge < -0.3 is 20.3 Å². The van der Waals surface area contributed by atoms with E-state index >= 15 is 0 Å². The second-order valence-electron chi connectivity index (χ2n) is 6.18. The number of ether oxygens (including phenoxy) is 2. The van der Waals surface area contributed by atoms with E-state index in [9.17, 15) is 9.50 Å². The normalized spacial score (nSPS) is 14.8. The van der Waals surface area contributed by atoms with E-state index in [-0.39, 0.29) is 12.2 Å². The van der Waals surface area contributed by atoms with Crippen LogP contribution in [-0.4, -0.2) is 25.6 Å². The zero-order chi connectivity index (χ0) is 17.7. The minimum absolute atomic E-state index is 0.238. The van der Waals surface area contributed by atoms with Crippen molar-refractivity contribution in [1.29, 1.82) is 0 Å². The van der Waals surface area contributed by atoms with Crippen LogP contribution >= 0.6 is 0 Å². The maximum atomic E-state index is 14.3. The lowest BCUT2D eigenvalue weighted by atomic mass is 9.74. The predicted molar refractivity (Wildman–Crippen MR) is 91.8 cm³/mol. The van der Waals surface area contributed by atoms with Gasteiger partial charge in [-0.2, -0.15) is 0 Å². The SMILES string of the molecule is COc1ccc(CC(C)(C[C@H](N)O)c2ccccc2F)cc1OC. The number of benzene rings is 2. The first-order valence-corrected chi connectivity index (χ1v) is 7.79. The fourth-order valence-corrected chi connectivity index (χ4v) is 3.13. The lowest BCUT2D eigenvalue weighted by molar-refractivity contribution is 0.139. The van der Waals surface area contributed by atoms with E-state index in [0.29, 0.717) is 23.5 Å². The van der Waals surface area contributed by atoms with Crippen molar-refractivity contribution in [3.63, 3.8) is 0 Å². The van der Waals surface area contributed by atoms with E-state index < -0.39 is 11.6 Å². The molecule has 130 valence electrons. The summed E-state index contributed by atoms with van der Waals surface area (Å²) in [7, 11) is 3.15. The summed E-state index contributed by atoms with van der Waals surface area (Å²) in [6.45, 7) is 1.90. The average molecular weight is 333 g/mol. The van der Waals surface area contributed by atoms with Gasteiger partial charge in [-0.1, -0.05) is 31.2 Å². The standard InChI is InChI=1S/C19H24FNO3/c1-19(12-18(21)22,14-6-4-5-7-15(14)20)11-13-8-9-16(23-2)17(10-13)24-3/h4-10,18,22H,11-12,21H2,1-3H3/t18-,19?/m1/s1. The van der Waals surface area contributed by atoms with Crippen LogP contribution in [0.3, 0.4) is 0 Å². The van der Waals surface area contributed by atoms with Gasteiger partial charge in [0.05, 0.1) is 14.2 Å². The van der Waals surface area contributed by atoms with Gasteiger partial charge in [0, 0.05) is 5.41 Å². The van der Waals surface area contributed by atoms with Crippen LogP contribution in [0, 0.1) is 5.82 Å². The molecule has 0 aliphatic carbocycles. The quantitative estimate of drug-likeness (QED) is 0.765. The molecule has 2 aromatic carbocycles. The Kier molecular flexibility index (Phi) is 5.80. The van der Waals surface area contributed by atoms with Gasteiger partial charge in [0.25, 0.3) is 0 Å². The highest BCUT2D eigenvalue weighted by Gasteiger charge is 2.31. The van der Waals surface area contributed by atoms with Crippen molar-refractivity contribution in [3.8, 4) is 11.5 Å². The van der Waals surface area contributed by atoms with Crippen LogP contribution in [0.5, 0.6) is 11.5 Å². The first kappa shape index (κ1) is 18.2. The number of aliphatic hydroxyl groups is 1. The van der Waals surface area contributed by atoms with Crippen LogP contribution in [0.2, 0.25) is 0 Å². The summed E-state index contributed by atoms with van der Waals surface area (Å²) in [6.07, 6.45) is -0.292. The zero-order valence-electron chi connectivity index (χ0n) is 14.3. The monoisotopic (exact) mass is 333 g/mol. The number of nitrogens with two attached hydrogens (primary N) is 1. The molecule has 0 aliphatic rings. The third-order valence-electron chi connectivity index (χ3n) is 4.23. The second-order valence-corrected chi connectivity index (χ2v) is 6.18. The van der Waals surface area contributed by atoms with Gasteiger partial charge in [-0.25, -0.2) is 4.39 Å². The van der Waals surface area contributed by atoms with Crippen molar-refractivity contribution in [2.45, 2.75) is 31.4 Å². The number of methoxy groups -OCH3 is 2. The number of rotatable bonds is 7. The Morgan fingerprint density at radius 3 is 2.38 bits per heavy atom. The number of halogens is 1. The molecule has 0 aliphatic heterocycles. The number of hydrogen-bond acceptors (Lipinski definition) is 4. The van der Waals surface area contributed by atoms with Gasteiger partial charge >= 0.3 is 0 Å². The Hall–Kier alpha value is -2.11. The molecule has 1 unspecified atom stereocenters. The van der Waals surface area contributed by atoms with E-state index in [1.807, 2.05) is 25.1 Å². The van der Waals surface area contributed by atoms with Gasteiger partial charge in [-0.05, 0) is 42.2 Å². The summed E-state index contributed by atoms with van der Waals surface area (Å²) < 4.78 is 24.9. The van der Waals surface area contributed by atoms with Gasteiger partial charge in [-0.3, -0.25) is 0 Å². The highest BCUT2D eigenvalue weighted by atomic mass is 19.1. The summed E-state index contributed by atoms with van der Waals surface area (Å²) in [5.41, 5.74) is 6.43. The van der Waals surface area contributed by atoms with Crippen molar-refractivity contribution in [2.75, 3.05) is 14.2 Å². The Balaban J connectivity index is 2.41. The van der Waals surface area contributed by atoms with Crippen molar-refractivity contribution in [3.05, 3.63) is 59.4 Å². The average Bonchev–Trinajstić information content (AvgIpc) is 2.54. The van der Waals surface area contributed by atoms with Gasteiger partial charge in [0.2, 0.25) is 0 Å². The number of hydrogen-bond donors (Lipinski definition) is 2. The summed E-state index contributed by atoms with van der Waals surface area (Å²) in [5.74, 6) is 0.938. The fraction of sp³-hybridized carbons (Fsp3) is 0.368. The van der Waals surface area contributed by atoms with E-state index in [1.54, 1.807) is 32.4 Å². The Morgan fingerprint density at radius 1 is 1.12 bits per heavy atom. The molecule has 0 saturated heterocycles. The Bertz CT molecular complexity index is 690. The molecule has 0 radical (unpaired) electrons. The topological polar surface area (TPSA) is 64.7 Å². The molecule has 3 N–H and O–H groups in total. The van der Waals surface area contributed by atoms with Crippen LogP contribution in [0.15, 0.2) is 42.5 Å². The summed E-state index contributed by atoms with van der Waals surface area (Å²) in [4.78, 5) is 0. The lowest BCUT2D eigenvalue weighted by Crippen LogP contribution is -2.35. The van der Waals surface area contributed by atoms with Crippen LogP contribution in [0.25, 0.3) is 0 Å². The van der Waals surface area contributed by atoms with Crippen molar-refractivity contribution in [1.82, 2.24) is 0 Å². The summed E-state index contributed by atoms with van der Waals surface area (Å²) in [5, 5.41) is 9.71. The molecular formula is C19H24FNO3. The molecule has 2 aromatic rings. The molecule has 2 rings (SSSR count). The maximum absolute atomic E-state index is 14.3. The van der Waals surface area contributed by atoms with Crippen LogP contribution < -0.4 is 15.2 Å². The minimum atomic E-state index is -1.03. The van der Waals surface area contributed by atoms with E-state index in [0.717, 1.165) is 5.56 Å². The first-order valence-electron chi connectivity index (χ1n) is 7.79.